The summed E-state index contributed by atoms with van der Waals surface area (Å²) in [4.78, 5) is 13.7. The molecule has 4 rings (SSSR count). The Bertz CT molecular complexity index is 1080. The van der Waals surface area contributed by atoms with Gasteiger partial charge in [0.2, 0.25) is 5.13 Å². The molecule has 1 aromatic heterocycles. The molecule has 0 aliphatic rings. The van der Waals surface area contributed by atoms with Crippen LogP contribution in [0.15, 0.2) is 94.2 Å². The summed E-state index contributed by atoms with van der Waals surface area (Å²) < 4.78 is 0.836. The maximum absolute atomic E-state index is 12.5. The van der Waals surface area contributed by atoms with Gasteiger partial charge in [0, 0.05) is 22.0 Å². The molecule has 0 atom stereocenters. The zero-order valence-corrected chi connectivity index (χ0v) is 18.5. The zero-order valence-electron chi connectivity index (χ0n) is 16.0. The van der Waals surface area contributed by atoms with Gasteiger partial charge in [0.05, 0.1) is 0 Å². The van der Waals surface area contributed by atoms with Crippen molar-refractivity contribution < 1.29 is 4.79 Å². The van der Waals surface area contributed by atoms with E-state index in [0.717, 1.165) is 15.8 Å². The smallest absolute Gasteiger partial charge is 0.257 e. The summed E-state index contributed by atoms with van der Waals surface area (Å²) in [6, 6.07) is 28.2. The van der Waals surface area contributed by atoms with Crippen molar-refractivity contribution in [1.29, 1.82) is 0 Å². The summed E-state index contributed by atoms with van der Waals surface area (Å²) in [5.74, 6) is 1.52. The molecule has 0 fully saturated rings. The lowest BCUT2D eigenvalue weighted by Gasteiger charge is -2.04. The first-order valence-electron chi connectivity index (χ1n) is 9.35. The number of carbonyl (C=O) groups excluding carboxylic acids is 1. The van der Waals surface area contributed by atoms with Crippen LogP contribution in [0.4, 0.5) is 5.13 Å². The van der Waals surface area contributed by atoms with Crippen LogP contribution in [0.5, 0.6) is 0 Å². The van der Waals surface area contributed by atoms with E-state index in [1.165, 1.54) is 27.4 Å². The number of benzene rings is 3. The summed E-state index contributed by atoms with van der Waals surface area (Å²) in [5, 5.41) is 11.6. The van der Waals surface area contributed by atoms with Crippen LogP contribution in [0.3, 0.4) is 0 Å². The van der Waals surface area contributed by atoms with E-state index < -0.39 is 0 Å². The molecule has 0 saturated carbocycles. The van der Waals surface area contributed by atoms with E-state index in [-0.39, 0.29) is 5.91 Å². The van der Waals surface area contributed by atoms with Gasteiger partial charge in [-0.05, 0) is 35.4 Å². The van der Waals surface area contributed by atoms with E-state index in [1.54, 1.807) is 23.5 Å². The molecule has 4 nitrogen and oxygen atoms in total. The quantitative estimate of drug-likeness (QED) is 0.250. The second-order valence-electron chi connectivity index (χ2n) is 6.40. The highest BCUT2D eigenvalue weighted by Crippen LogP contribution is 2.28. The van der Waals surface area contributed by atoms with Gasteiger partial charge in [0.15, 0.2) is 4.34 Å². The number of hydrogen-bond acceptors (Lipinski definition) is 6. The summed E-state index contributed by atoms with van der Waals surface area (Å²) in [7, 11) is 0. The minimum Gasteiger partial charge on any atom is -0.296 e. The molecule has 0 radical (unpaired) electrons. The van der Waals surface area contributed by atoms with Crippen LogP contribution in [0.2, 0.25) is 0 Å². The number of nitrogens with one attached hydrogen (secondary N) is 1. The molecule has 3 aromatic carbocycles. The molecule has 1 amide bonds. The predicted octanol–water partition coefficient (Wildman–Crippen LogP) is 6.38. The highest BCUT2D eigenvalue weighted by molar-refractivity contribution is 8.00. The molecule has 0 spiro atoms. The van der Waals surface area contributed by atoms with Gasteiger partial charge in [-0.3, -0.25) is 10.1 Å². The van der Waals surface area contributed by atoms with Crippen LogP contribution >= 0.6 is 34.9 Å². The molecule has 4 aromatic rings. The fourth-order valence-corrected chi connectivity index (χ4v) is 5.22. The second kappa shape index (κ2) is 10.4. The molecule has 0 bridgehead atoms. The van der Waals surface area contributed by atoms with Gasteiger partial charge in [-0.25, -0.2) is 0 Å². The summed E-state index contributed by atoms with van der Waals surface area (Å²) >= 11 is 4.78. The van der Waals surface area contributed by atoms with Crippen molar-refractivity contribution in [1.82, 2.24) is 10.2 Å². The number of aromatic nitrogens is 2. The third kappa shape index (κ3) is 5.95. The van der Waals surface area contributed by atoms with Gasteiger partial charge in [0.1, 0.15) is 0 Å². The molecule has 7 heteroatoms. The Kier molecular flexibility index (Phi) is 7.18. The summed E-state index contributed by atoms with van der Waals surface area (Å²) in [6.07, 6.45) is 0. The normalized spacial score (nSPS) is 10.7. The Labute approximate surface area is 188 Å². The molecule has 0 aliphatic heterocycles. The molecule has 0 aliphatic carbocycles. The number of amides is 1. The number of carbonyl (C=O) groups is 1. The number of rotatable bonds is 8. The molecule has 1 N–H and O–H groups in total. The first-order valence-corrected chi connectivity index (χ1v) is 12.1. The van der Waals surface area contributed by atoms with Crippen molar-refractivity contribution in [2.24, 2.45) is 0 Å². The van der Waals surface area contributed by atoms with Gasteiger partial charge >= 0.3 is 0 Å². The lowest BCUT2D eigenvalue weighted by Crippen LogP contribution is -2.11. The van der Waals surface area contributed by atoms with Crippen molar-refractivity contribution >= 4 is 45.9 Å². The second-order valence-corrected chi connectivity index (χ2v) is 9.65. The lowest BCUT2D eigenvalue weighted by atomic mass is 10.1. The highest BCUT2D eigenvalue weighted by Gasteiger charge is 2.11. The van der Waals surface area contributed by atoms with Gasteiger partial charge in [0.25, 0.3) is 5.91 Å². The lowest BCUT2D eigenvalue weighted by molar-refractivity contribution is 0.102. The molecule has 1 heterocycles. The van der Waals surface area contributed by atoms with Crippen LogP contribution in [0.25, 0.3) is 0 Å². The predicted molar refractivity (Wildman–Crippen MR) is 126 cm³/mol. The van der Waals surface area contributed by atoms with E-state index in [2.05, 4.69) is 39.8 Å². The van der Waals surface area contributed by atoms with Crippen molar-refractivity contribution in [3.63, 3.8) is 0 Å². The van der Waals surface area contributed by atoms with Crippen molar-refractivity contribution in [3.05, 3.63) is 102 Å². The third-order valence-electron chi connectivity index (χ3n) is 4.20. The Balaban J connectivity index is 1.29. The van der Waals surface area contributed by atoms with Crippen LogP contribution < -0.4 is 5.32 Å². The van der Waals surface area contributed by atoms with Crippen LogP contribution in [-0.4, -0.2) is 16.1 Å². The van der Waals surface area contributed by atoms with E-state index in [4.69, 9.17) is 0 Å². The highest BCUT2D eigenvalue weighted by atomic mass is 32.2. The first-order chi connectivity index (χ1) is 14.8. The van der Waals surface area contributed by atoms with E-state index in [9.17, 15) is 4.79 Å². The van der Waals surface area contributed by atoms with Gasteiger partial charge in [-0.15, -0.1) is 22.0 Å². The SMILES string of the molecule is O=C(Nc1nnc(SCc2ccccc2)s1)c1ccc(CSc2ccccc2)cc1. The molecule has 150 valence electrons. The van der Waals surface area contributed by atoms with Gasteiger partial charge < -0.3 is 0 Å². The fraction of sp³-hybridized carbons (Fsp3) is 0.0870. The molecule has 0 saturated heterocycles. The van der Waals surface area contributed by atoms with Crippen LogP contribution in [0.1, 0.15) is 21.5 Å². The number of nitrogens with zero attached hydrogens (tertiary/aromatic N) is 2. The average molecular weight is 450 g/mol. The molecular formula is C23H19N3OS3. The fourth-order valence-electron chi connectivity index (χ4n) is 2.64. The third-order valence-corrected chi connectivity index (χ3v) is 7.32. The monoisotopic (exact) mass is 449 g/mol. The number of hydrogen-bond donors (Lipinski definition) is 1. The maximum Gasteiger partial charge on any atom is 0.257 e. The molecule has 0 unspecified atom stereocenters. The summed E-state index contributed by atoms with van der Waals surface area (Å²) in [6.45, 7) is 0. The van der Waals surface area contributed by atoms with E-state index >= 15 is 0 Å². The van der Waals surface area contributed by atoms with Crippen LogP contribution in [-0.2, 0) is 11.5 Å². The van der Waals surface area contributed by atoms with Crippen molar-refractivity contribution in [3.8, 4) is 0 Å². The standard InChI is InChI=1S/C23H19N3OS3/c27-21(19-13-11-18(12-14-19)15-28-20-9-5-2-6-10-20)24-22-25-26-23(30-22)29-16-17-7-3-1-4-8-17/h1-14H,15-16H2,(H,24,25,27). The van der Waals surface area contributed by atoms with Gasteiger partial charge in [-0.2, -0.15) is 0 Å². The Morgan fingerprint density at radius 2 is 1.40 bits per heavy atom. The minimum atomic E-state index is -0.173. The van der Waals surface area contributed by atoms with E-state index in [0.29, 0.717) is 10.7 Å². The number of thioether (sulfide) groups is 2. The molecule has 30 heavy (non-hydrogen) atoms. The maximum atomic E-state index is 12.5. The zero-order chi connectivity index (χ0) is 20.6. The largest absolute Gasteiger partial charge is 0.296 e. The van der Waals surface area contributed by atoms with Crippen molar-refractivity contribution in [2.45, 2.75) is 20.7 Å². The average Bonchev–Trinajstić information content (AvgIpc) is 3.25. The summed E-state index contributed by atoms with van der Waals surface area (Å²) in [5.41, 5.74) is 3.02. The first kappa shape index (κ1) is 20.7. The Hall–Kier alpha value is -2.61. The van der Waals surface area contributed by atoms with E-state index in [1.807, 2.05) is 60.7 Å². The number of anilines is 1. The minimum absolute atomic E-state index is 0.173. The van der Waals surface area contributed by atoms with Gasteiger partial charge in [-0.1, -0.05) is 83.8 Å². The van der Waals surface area contributed by atoms with Crippen molar-refractivity contribution in [2.75, 3.05) is 5.32 Å². The molecular weight excluding hydrogens is 430 g/mol. The van der Waals surface area contributed by atoms with Crippen LogP contribution in [0, 0.1) is 0 Å². The Morgan fingerprint density at radius 1 is 0.767 bits per heavy atom. The Morgan fingerprint density at radius 3 is 2.13 bits per heavy atom. The topological polar surface area (TPSA) is 54.9 Å².